The maximum absolute atomic E-state index is 12.6. The number of aromatic nitrogens is 2. The smallest absolute Gasteiger partial charge is 0.330 e. The van der Waals surface area contributed by atoms with Crippen molar-refractivity contribution in [2.75, 3.05) is 12.4 Å². The van der Waals surface area contributed by atoms with Crippen molar-refractivity contribution in [2.24, 2.45) is 0 Å². The van der Waals surface area contributed by atoms with Gasteiger partial charge in [0.2, 0.25) is 0 Å². The lowest BCUT2D eigenvalue weighted by atomic mass is 10.00. The van der Waals surface area contributed by atoms with Crippen molar-refractivity contribution in [1.29, 1.82) is 0 Å². The van der Waals surface area contributed by atoms with E-state index in [0.29, 0.717) is 31.1 Å². The van der Waals surface area contributed by atoms with Gasteiger partial charge in [-0.2, -0.15) is 0 Å². The minimum Gasteiger partial charge on any atom is -0.374 e. The number of ether oxygens (including phenoxy) is 3. The molecule has 2 saturated heterocycles. The topological polar surface area (TPSA) is 82.6 Å². The van der Waals surface area contributed by atoms with Gasteiger partial charge in [-0.1, -0.05) is 60.7 Å². The van der Waals surface area contributed by atoms with Crippen molar-refractivity contribution in [2.45, 2.75) is 43.3 Å². The van der Waals surface area contributed by atoms with Crippen molar-refractivity contribution < 1.29 is 14.2 Å². The lowest BCUT2D eigenvalue weighted by molar-refractivity contribution is -0.143. The van der Waals surface area contributed by atoms with Gasteiger partial charge < -0.3 is 14.2 Å². The summed E-state index contributed by atoms with van der Waals surface area (Å²) in [7, 11) is 0. The second-order valence-corrected chi connectivity index (χ2v) is 9.69. The van der Waals surface area contributed by atoms with E-state index in [1.165, 1.54) is 4.57 Å². The maximum Gasteiger partial charge on any atom is 0.330 e. The summed E-state index contributed by atoms with van der Waals surface area (Å²) in [6.07, 6.45) is 0.760. The van der Waals surface area contributed by atoms with Crippen LogP contribution in [0.15, 0.2) is 76.4 Å². The number of hydrogen-bond donors (Lipinski definition) is 1. The van der Waals surface area contributed by atoms with Gasteiger partial charge in [0.05, 0.1) is 25.1 Å². The molecule has 2 fully saturated rings. The Bertz CT molecular complexity index is 1210. The van der Waals surface area contributed by atoms with Crippen LogP contribution in [0.5, 0.6) is 0 Å². The Morgan fingerprint density at radius 2 is 1.73 bits per heavy atom. The average Bonchev–Trinajstić information content (AvgIpc) is 3.33. The third-order valence-corrected chi connectivity index (χ3v) is 7.64. The van der Waals surface area contributed by atoms with E-state index in [4.69, 9.17) is 14.2 Å². The third kappa shape index (κ3) is 4.44. The molecule has 0 radical (unpaired) electrons. The first-order valence-corrected chi connectivity index (χ1v) is 12.0. The van der Waals surface area contributed by atoms with E-state index in [9.17, 15) is 9.59 Å². The summed E-state index contributed by atoms with van der Waals surface area (Å²) in [5.41, 5.74) is 1.06. The summed E-state index contributed by atoms with van der Waals surface area (Å²) in [5.74, 6) is 0.708. The predicted octanol–water partition coefficient (Wildman–Crippen LogP) is 3.03. The fraction of sp³-hybridized carbons (Fsp3) is 0.360. The van der Waals surface area contributed by atoms with Crippen molar-refractivity contribution in [3.63, 3.8) is 0 Å². The van der Waals surface area contributed by atoms with E-state index < -0.39 is 17.5 Å². The number of nitrogens with zero attached hydrogens (tertiary/aromatic N) is 1. The highest BCUT2D eigenvalue weighted by atomic mass is 32.2. The van der Waals surface area contributed by atoms with Crippen LogP contribution in [0, 0.1) is 6.92 Å². The molecule has 0 amide bonds. The highest BCUT2D eigenvalue weighted by Crippen LogP contribution is 2.53. The Morgan fingerprint density at radius 1 is 1.06 bits per heavy atom. The molecule has 4 atom stereocenters. The number of fused-ring (bicyclic) bond motifs is 2. The van der Waals surface area contributed by atoms with Gasteiger partial charge in [0.1, 0.15) is 11.7 Å². The molecule has 8 heteroatoms. The van der Waals surface area contributed by atoms with Crippen molar-refractivity contribution in [3.05, 3.63) is 104 Å². The molecule has 1 N–H and O–H groups in total. The van der Waals surface area contributed by atoms with Gasteiger partial charge >= 0.3 is 5.69 Å². The summed E-state index contributed by atoms with van der Waals surface area (Å²) >= 11 is 1.72. The predicted molar refractivity (Wildman–Crippen MR) is 126 cm³/mol. The molecule has 2 aromatic carbocycles. The lowest BCUT2D eigenvalue weighted by Gasteiger charge is -2.32. The number of rotatable bonds is 8. The molecule has 0 unspecified atom stereocenters. The summed E-state index contributed by atoms with van der Waals surface area (Å²) in [6.45, 7) is 2.93. The Balaban J connectivity index is 1.39. The van der Waals surface area contributed by atoms with Crippen LogP contribution in [0.2, 0.25) is 0 Å². The zero-order chi connectivity index (χ0) is 22.8. The van der Waals surface area contributed by atoms with Crippen LogP contribution >= 0.6 is 11.8 Å². The molecule has 5 rings (SSSR count). The SMILES string of the molecule is Cc1cn([C@@H]2O[C@@]3(COCc4ccccc4)CS[C@@H]2[C@@H]3OCc2ccccc2)c(=O)[nH]c1=O. The van der Waals surface area contributed by atoms with E-state index in [0.717, 1.165) is 11.1 Å². The largest absolute Gasteiger partial charge is 0.374 e. The molecule has 1 aromatic heterocycles. The second kappa shape index (κ2) is 9.30. The Hall–Kier alpha value is -2.65. The molecule has 33 heavy (non-hydrogen) atoms. The molecule has 2 aliphatic heterocycles. The van der Waals surface area contributed by atoms with E-state index in [2.05, 4.69) is 4.98 Å². The minimum absolute atomic E-state index is 0.1000. The molecule has 0 aliphatic carbocycles. The van der Waals surface area contributed by atoms with Crippen LogP contribution < -0.4 is 11.2 Å². The molecule has 0 saturated carbocycles. The van der Waals surface area contributed by atoms with Gasteiger partial charge in [-0.15, -0.1) is 11.8 Å². The first-order valence-electron chi connectivity index (χ1n) is 10.9. The van der Waals surface area contributed by atoms with E-state index in [1.54, 1.807) is 24.9 Å². The van der Waals surface area contributed by atoms with Crippen molar-refractivity contribution >= 4 is 11.8 Å². The first kappa shape index (κ1) is 22.2. The number of aromatic amines is 1. The fourth-order valence-corrected chi connectivity index (χ4v) is 6.06. The van der Waals surface area contributed by atoms with Gasteiger partial charge in [0, 0.05) is 17.5 Å². The number of aryl methyl sites for hydroxylation is 1. The number of hydrogen-bond acceptors (Lipinski definition) is 6. The number of nitrogens with one attached hydrogen (secondary N) is 1. The Kier molecular flexibility index (Phi) is 6.25. The van der Waals surface area contributed by atoms with E-state index in [-0.39, 0.29) is 16.9 Å². The van der Waals surface area contributed by atoms with Crippen molar-refractivity contribution in [1.82, 2.24) is 9.55 Å². The highest BCUT2D eigenvalue weighted by Gasteiger charge is 2.62. The zero-order valence-corrected chi connectivity index (χ0v) is 19.1. The Labute approximate surface area is 195 Å². The van der Waals surface area contributed by atoms with E-state index in [1.807, 2.05) is 60.7 Å². The molecule has 0 spiro atoms. The quantitative estimate of drug-likeness (QED) is 0.550. The van der Waals surface area contributed by atoms with Crippen LogP contribution in [-0.2, 0) is 27.4 Å². The molecule has 2 aliphatic rings. The molecule has 172 valence electrons. The first-order chi connectivity index (χ1) is 16.1. The van der Waals surface area contributed by atoms with E-state index >= 15 is 0 Å². The van der Waals surface area contributed by atoms with Crippen LogP contribution in [0.25, 0.3) is 0 Å². The maximum atomic E-state index is 12.6. The molecular weight excluding hydrogens is 440 g/mol. The average molecular weight is 467 g/mol. The van der Waals surface area contributed by atoms with Crippen LogP contribution in [0.3, 0.4) is 0 Å². The highest BCUT2D eigenvalue weighted by molar-refractivity contribution is 8.00. The summed E-state index contributed by atoms with van der Waals surface area (Å²) < 4.78 is 20.5. The number of H-pyrrole nitrogens is 1. The summed E-state index contributed by atoms with van der Waals surface area (Å²) in [6, 6.07) is 20.0. The van der Waals surface area contributed by atoms with Crippen LogP contribution in [-0.4, -0.2) is 38.9 Å². The Morgan fingerprint density at radius 3 is 2.42 bits per heavy atom. The van der Waals surface area contributed by atoms with Crippen LogP contribution in [0.4, 0.5) is 0 Å². The third-order valence-electron chi connectivity index (χ3n) is 6.12. The molecule has 3 aromatic rings. The van der Waals surface area contributed by atoms with Gasteiger partial charge in [-0.25, -0.2) is 4.79 Å². The van der Waals surface area contributed by atoms with Crippen molar-refractivity contribution in [3.8, 4) is 0 Å². The summed E-state index contributed by atoms with van der Waals surface area (Å²) in [4.78, 5) is 26.8. The molecule has 3 heterocycles. The minimum atomic E-state index is -0.687. The number of thioether (sulfide) groups is 1. The van der Waals surface area contributed by atoms with Crippen LogP contribution in [0.1, 0.15) is 22.9 Å². The van der Waals surface area contributed by atoms with Gasteiger partial charge in [0.25, 0.3) is 5.56 Å². The van der Waals surface area contributed by atoms with Gasteiger partial charge in [0.15, 0.2) is 6.23 Å². The fourth-order valence-electron chi connectivity index (χ4n) is 4.42. The molecule has 2 bridgehead atoms. The summed E-state index contributed by atoms with van der Waals surface area (Å²) in [5, 5.41) is -0.1000. The van der Waals surface area contributed by atoms with Gasteiger partial charge in [-0.3, -0.25) is 14.3 Å². The standard InChI is InChI=1S/C25H26N2O5S/c1-17-12-27(24(29)26-22(17)28)23-20-21(31-14-19-10-6-3-7-11-19)25(32-23,16-33-20)15-30-13-18-8-4-2-5-9-18/h2-12,20-21,23H,13-16H2,1H3,(H,26,28,29)/t20-,21+,23-,25+/m1/s1. The molecule has 7 nitrogen and oxygen atoms in total. The lowest BCUT2D eigenvalue weighted by Crippen LogP contribution is -2.46. The number of benzene rings is 2. The molecular formula is C25H26N2O5S. The van der Waals surface area contributed by atoms with Gasteiger partial charge in [-0.05, 0) is 18.1 Å². The normalized spacial score (nSPS) is 26.0. The second-order valence-electron chi connectivity index (χ2n) is 8.52. The monoisotopic (exact) mass is 466 g/mol. The zero-order valence-electron chi connectivity index (χ0n) is 18.3.